The van der Waals surface area contributed by atoms with Crippen molar-refractivity contribution in [1.29, 1.82) is 0 Å². The fourth-order valence-electron chi connectivity index (χ4n) is 3.83. The third-order valence-electron chi connectivity index (χ3n) is 5.64. The molecule has 0 unspecified atom stereocenters. The molecule has 0 radical (unpaired) electrons. The monoisotopic (exact) mass is 504 g/mol. The molecule has 0 bridgehead atoms. The number of rotatable bonds is 8. The molecule has 2 aromatic rings. The third-order valence-corrected chi connectivity index (χ3v) is 7.35. The molecule has 1 N–H and O–H groups in total. The second-order valence-electron chi connectivity index (χ2n) is 11.2. The number of hydrogen-bond donors (Lipinski definition) is 1. The summed E-state index contributed by atoms with van der Waals surface area (Å²) in [6, 6.07) is 2.81. The Bertz CT molecular complexity index is 1060. The maximum Gasteiger partial charge on any atom is 0.410 e. The van der Waals surface area contributed by atoms with Crippen LogP contribution in [0.4, 0.5) is 10.7 Å². The Morgan fingerprint density at radius 1 is 1.23 bits per heavy atom. The van der Waals surface area contributed by atoms with E-state index >= 15 is 0 Å². The van der Waals surface area contributed by atoms with Gasteiger partial charge in [-0.15, -0.1) is 0 Å². The fraction of sp³-hybridized carbons (Fsp3) is 0.667. The van der Waals surface area contributed by atoms with Crippen LogP contribution in [0.15, 0.2) is 6.07 Å². The van der Waals surface area contributed by atoms with E-state index in [0.717, 1.165) is 23.1 Å². The lowest BCUT2D eigenvalue weighted by atomic mass is 10.1. The van der Waals surface area contributed by atoms with E-state index in [0.29, 0.717) is 51.0 Å². The van der Waals surface area contributed by atoms with Gasteiger partial charge in [0.25, 0.3) is 5.91 Å². The van der Waals surface area contributed by atoms with Crippen LogP contribution in [0.5, 0.6) is 0 Å². The largest absolute Gasteiger partial charge is 0.444 e. The summed E-state index contributed by atoms with van der Waals surface area (Å²) in [5.74, 6) is 0.141. The molecule has 0 fully saturated rings. The first kappa shape index (κ1) is 26.9. The lowest BCUT2D eigenvalue weighted by Crippen LogP contribution is -2.40. The summed E-state index contributed by atoms with van der Waals surface area (Å²) in [5, 5.41) is 7.33. The van der Waals surface area contributed by atoms with E-state index in [1.165, 1.54) is 0 Å². The number of anilines is 1. The van der Waals surface area contributed by atoms with Crippen LogP contribution in [0.1, 0.15) is 55.3 Å². The van der Waals surface area contributed by atoms with Gasteiger partial charge < -0.3 is 14.4 Å². The van der Waals surface area contributed by atoms with Gasteiger partial charge in [-0.2, -0.15) is 5.10 Å². The highest BCUT2D eigenvalue weighted by atomic mass is 28.3. The van der Waals surface area contributed by atoms with E-state index in [1.54, 1.807) is 15.6 Å². The Morgan fingerprint density at radius 3 is 2.57 bits per heavy atom. The van der Waals surface area contributed by atoms with Crippen molar-refractivity contribution in [2.24, 2.45) is 0 Å². The van der Waals surface area contributed by atoms with E-state index in [9.17, 15) is 9.59 Å². The van der Waals surface area contributed by atoms with Crippen molar-refractivity contribution >= 4 is 26.0 Å². The SMILES string of the molecule is CCn1nc(C)cc1C(=O)Nc1nc2c(n1COCC[Si](C)(C)C)CCN(C(=O)OC(C)(C)C)C2. The molecule has 10 nitrogen and oxygen atoms in total. The van der Waals surface area contributed by atoms with Gasteiger partial charge in [0.1, 0.15) is 18.0 Å². The molecule has 1 aliphatic heterocycles. The number of imidazole rings is 1. The minimum atomic E-state index is -1.23. The van der Waals surface area contributed by atoms with Gasteiger partial charge in [-0.25, -0.2) is 9.78 Å². The van der Waals surface area contributed by atoms with Crippen LogP contribution >= 0.6 is 0 Å². The average molecular weight is 505 g/mol. The second-order valence-corrected chi connectivity index (χ2v) is 16.8. The van der Waals surface area contributed by atoms with E-state index in [-0.39, 0.29) is 12.0 Å². The maximum absolute atomic E-state index is 13.1. The highest BCUT2D eigenvalue weighted by Crippen LogP contribution is 2.25. The summed E-state index contributed by atoms with van der Waals surface area (Å²) in [5.41, 5.74) is 2.40. The molecule has 0 saturated carbocycles. The number of carbonyl (C=O) groups excluding carboxylic acids is 2. The van der Waals surface area contributed by atoms with Crippen LogP contribution < -0.4 is 5.32 Å². The number of hydrogen-bond acceptors (Lipinski definition) is 6. The third kappa shape index (κ3) is 7.17. The van der Waals surface area contributed by atoms with Gasteiger partial charge in [-0.3, -0.25) is 19.4 Å². The standard InChI is InChI=1S/C24H40N6O4Si/c1-9-30-20(14-17(2)27-30)21(31)26-22-25-18-15-28(23(32)34-24(3,4)5)11-10-19(18)29(22)16-33-12-13-35(6,7)8/h14H,9-13,15-16H2,1-8H3,(H,25,26,31). The molecule has 0 saturated heterocycles. The maximum atomic E-state index is 13.1. The van der Waals surface area contributed by atoms with E-state index in [1.807, 2.05) is 39.2 Å². The zero-order valence-electron chi connectivity index (χ0n) is 22.4. The van der Waals surface area contributed by atoms with Crippen LogP contribution in [-0.4, -0.2) is 63.1 Å². The van der Waals surface area contributed by atoms with E-state index < -0.39 is 13.7 Å². The van der Waals surface area contributed by atoms with Crippen molar-refractivity contribution in [2.75, 3.05) is 18.5 Å². The van der Waals surface area contributed by atoms with Gasteiger partial charge >= 0.3 is 6.09 Å². The van der Waals surface area contributed by atoms with Gasteiger partial charge in [0.2, 0.25) is 5.95 Å². The molecule has 0 atom stereocenters. The van der Waals surface area contributed by atoms with Crippen LogP contribution in [0.2, 0.25) is 25.7 Å². The van der Waals surface area contributed by atoms with Crippen molar-refractivity contribution in [3.63, 3.8) is 0 Å². The second kappa shape index (κ2) is 10.5. The van der Waals surface area contributed by atoms with Crippen molar-refractivity contribution in [1.82, 2.24) is 24.2 Å². The molecular weight excluding hydrogens is 464 g/mol. The number of fused-ring (bicyclic) bond motifs is 1. The Labute approximate surface area is 209 Å². The average Bonchev–Trinajstić information content (AvgIpc) is 3.28. The highest BCUT2D eigenvalue weighted by molar-refractivity contribution is 6.76. The first-order valence-electron chi connectivity index (χ1n) is 12.3. The fourth-order valence-corrected chi connectivity index (χ4v) is 4.59. The van der Waals surface area contributed by atoms with E-state index in [2.05, 4.69) is 30.1 Å². The van der Waals surface area contributed by atoms with E-state index in [4.69, 9.17) is 14.5 Å². The molecule has 194 valence electrons. The molecule has 11 heteroatoms. The molecule has 2 amide bonds. The number of carbonyl (C=O) groups is 2. The molecule has 0 spiro atoms. The molecular formula is C24H40N6O4Si. The van der Waals surface area contributed by atoms with Crippen LogP contribution in [0.3, 0.4) is 0 Å². The number of amides is 2. The van der Waals surface area contributed by atoms with Gasteiger partial charge in [0.05, 0.1) is 17.9 Å². The normalized spacial score (nSPS) is 14.1. The lowest BCUT2D eigenvalue weighted by molar-refractivity contribution is 0.0217. The zero-order valence-corrected chi connectivity index (χ0v) is 23.4. The summed E-state index contributed by atoms with van der Waals surface area (Å²) >= 11 is 0. The number of aryl methyl sites for hydroxylation is 2. The summed E-state index contributed by atoms with van der Waals surface area (Å²) in [7, 11) is -1.23. The van der Waals surface area contributed by atoms with Crippen LogP contribution in [0, 0.1) is 6.92 Å². The Balaban J connectivity index is 1.83. The van der Waals surface area contributed by atoms with Gasteiger partial charge in [0.15, 0.2) is 0 Å². The minimum Gasteiger partial charge on any atom is -0.444 e. The lowest BCUT2D eigenvalue weighted by Gasteiger charge is -2.30. The predicted octanol–water partition coefficient (Wildman–Crippen LogP) is 4.27. The smallest absolute Gasteiger partial charge is 0.410 e. The highest BCUT2D eigenvalue weighted by Gasteiger charge is 2.30. The summed E-state index contributed by atoms with van der Waals surface area (Å²) < 4.78 is 15.2. The quantitative estimate of drug-likeness (QED) is 0.425. The van der Waals surface area contributed by atoms with Crippen LogP contribution in [-0.2, 0) is 35.7 Å². The molecule has 35 heavy (non-hydrogen) atoms. The van der Waals surface area contributed by atoms with Crippen LogP contribution in [0.25, 0.3) is 0 Å². The number of ether oxygens (including phenoxy) is 2. The predicted molar refractivity (Wildman–Crippen MR) is 137 cm³/mol. The van der Waals surface area contributed by atoms with Crippen molar-refractivity contribution in [3.8, 4) is 0 Å². The Kier molecular flexibility index (Phi) is 8.10. The molecule has 1 aliphatic rings. The number of nitrogens with zero attached hydrogens (tertiary/aromatic N) is 5. The number of nitrogens with one attached hydrogen (secondary N) is 1. The van der Waals surface area contributed by atoms with Gasteiger partial charge in [-0.05, 0) is 46.7 Å². The summed E-state index contributed by atoms with van der Waals surface area (Å²) in [6.07, 6.45) is 0.234. The van der Waals surface area contributed by atoms with Crippen molar-refractivity contribution < 1.29 is 19.1 Å². The first-order valence-corrected chi connectivity index (χ1v) is 16.0. The molecule has 0 aromatic carbocycles. The van der Waals surface area contributed by atoms with Crippen molar-refractivity contribution in [2.45, 2.75) is 92.1 Å². The van der Waals surface area contributed by atoms with Crippen molar-refractivity contribution in [3.05, 3.63) is 28.8 Å². The van der Waals surface area contributed by atoms with Gasteiger partial charge in [0, 0.05) is 39.9 Å². The Hall–Kier alpha value is -2.66. The first-order chi connectivity index (χ1) is 16.3. The molecule has 0 aliphatic carbocycles. The summed E-state index contributed by atoms with van der Waals surface area (Å²) in [4.78, 5) is 32.1. The molecule has 3 rings (SSSR count). The molecule has 2 aromatic heterocycles. The Morgan fingerprint density at radius 2 is 1.94 bits per heavy atom. The molecule has 3 heterocycles. The summed E-state index contributed by atoms with van der Waals surface area (Å²) in [6.45, 7) is 18.7. The minimum absolute atomic E-state index is 0.276. The zero-order chi connectivity index (χ0) is 26.0. The number of aromatic nitrogens is 4. The topological polar surface area (TPSA) is 104 Å². The van der Waals surface area contributed by atoms with Gasteiger partial charge in [-0.1, -0.05) is 19.6 Å².